The topological polar surface area (TPSA) is 81.0 Å². The third-order valence-corrected chi connectivity index (χ3v) is 2.82. The molecule has 0 aliphatic rings. The Morgan fingerprint density at radius 3 is 2.65 bits per heavy atom. The maximum Gasteiger partial charge on any atom is 0.270 e. The molecular weight excluding hydrogens is 280 g/mol. The highest BCUT2D eigenvalue weighted by atomic mass is 35.5. The fraction of sp³-hybridized carbons (Fsp3) is 0.385. The van der Waals surface area contributed by atoms with E-state index in [1.54, 1.807) is 6.07 Å². The first-order chi connectivity index (χ1) is 9.26. The highest BCUT2D eigenvalue weighted by Crippen LogP contribution is 2.27. The molecule has 0 spiro atoms. The van der Waals surface area contributed by atoms with Gasteiger partial charge in [-0.15, -0.1) is 0 Å². The quantitative estimate of drug-likeness (QED) is 0.531. The SMILES string of the molecule is CC(C)(C)CNc1nc(Cl)nc2ccc([N+](=O)[O-])cc12. The van der Waals surface area contributed by atoms with Crippen LogP contribution in [0.4, 0.5) is 11.5 Å². The molecule has 0 unspecified atom stereocenters. The molecule has 0 bridgehead atoms. The van der Waals surface area contributed by atoms with E-state index in [0.29, 0.717) is 23.3 Å². The molecule has 1 heterocycles. The number of nitrogens with zero attached hydrogens (tertiary/aromatic N) is 3. The van der Waals surface area contributed by atoms with E-state index in [1.807, 2.05) is 0 Å². The first kappa shape index (κ1) is 14.5. The molecule has 6 nitrogen and oxygen atoms in total. The summed E-state index contributed by atoms with van der Waals surface area (Å²) >= 11 is 5.88. The fourth-order valence-corrected chi connectivity index (χ4v) is 1.86. The van der Waals surface area contributed by atoms with E-state index in [1.165, 1.54) is 12.1 Å². The van der Waals surface area contributed by atoms with Crippen molar-refractivity contribution in [1.82, 2.24) is 9.97 Å². The van der Waals surface area contributed by atoms with Crippen LogP contribution in [0.1, 0.15) is 20.8 Å². The Hall–Kier alpha value is -1.95. The number of aromatic nitrogens is 2. The van der Waals surface area contributed by atoms with Crippen molar-refractivity contribution in [3.05, 3.63) is 33.6 Å². The van der Waals surface area contributed by atoms with Crippen molar-refractivity contribution in [3.63, 3.8) is 0 Å². The van der Waals surface area contributed by atoms with Gasteiger partial charge in [-0.1, -0.05) is 20.8 Å². The van der Waals surface area contributed by atoms with Crippen LogP contribution in [0.2, 0.25) is 5.28 Å². The van der Waals surface area contributed by atoms with Crippen LogP contribution in [-0.4, -0.2) is 21.4 Å². The molecule has 2 aromatic rings. The lowest BCUT2D eigenvalue weighted by Crippen LogP contribution is -2.19. The van der Waals surface area contributed by atoms with Crippen LogP contribution in [0.5, 0.6) is 0 Å². The van der Waals surface area contributed by atoms with Gasteiger partial charge >= 0.3 is 0 Å². The minimum Gasteiger partial charge on any atom is -0.369 e. The zero-order valence-corrected chi connectivity index (χ0v) is 12.2. The number of nitro groups is 1. The van der Waals surface area contributed by atoms with Crippen molar-refractivity contribution in [2.45, 2.75) is 20.8 Å². The minimum atomic E-state index is -0.443. The van der Waals surface area contributed by atoms with E-state index in [9.17, 15) is 10.1 Å². The smallest absolute Gasteiger partial charge is 0.270 e. The van der Waals surface area contributed by atoms with Gasteiger partial charge in [0.2, 0.25) is 5.28 Å². The van der Waals surface area contributed by atoms with Gasteiger partial charge in [0.25, 0.3) is 5.69 Å². The number of benzene rings is 1. The Labute approximate surface area is 121 Å². The van der Waals surface area contributed by atoms with Crippen molar-refractivity contribution < 1.29 is 4.92 Å². The standard InChI is InChI=1S/C13H15ClN4O2/c1-13(2,3)7-15-11-9-6-8(18(19)20)4-5-10(9)16-12(14)17-11/h4-6H,7H2,1-3H3,(H,15,16,17). The monoisotopic (exact) mass is 294 g/mol. The van der Waals surface area contributed by atoms with Crippen molar-refractivity contribution in [3.8, 4) is 0 Å². The summed E-state index contributed by atoms with van der Waals surface area (Å²) in [6, 6.07) is 4.43. The van der Waals surface area contributed by atoms with E-state index < -0.39 is 4.92 Å². The van der Waals surface area contributed by atoms with E-state index >= 15 is 0 Å². The van der Waals surface area contributed by atoms with Crippen LogP contribution >= 0.6 is 11.6 Å². The fourth-order valence-electron chi connectivity index (χ4n) is 1.69. The van der Waals surface area contributed by atoms with E-state index in [-0.39, 0.29) is 16.4 Å². The van der Waals surface area contributed by atoms with Gasteiger partial charge in [0.1, 0.15) is 5.82 Å². The van der Waals surface area contributed by atoms with Crippen LogP contribution in [0.25, 0.3) is 10.9 Å². The number of fused-ring (bicyclic) bond motifs is 1. The number of nitrogens with one attached hydrogen (secondary N) is 1. The number of anilines is 1. The lowest BCUT2D eigenvalue weighted by Gasteiger charge is -2.19. The summed E-state index contributed by atoms with van der Waals surface area (Å²) < 4.78 is 0. The second-order valence-electron chi connectivity index (χ2n) is 5.71. The molecule has 0 aliphatic heterocycles. The molecule has 0 radical (unpaired) electrons. The molecule has 106 valence electrons. The average Bonchev–Trinajstić information content (AvgIpc) is 2.34. The second-order valence-corrected chi connectivity index (χ2v) is 6.05. The highest BCUT2D eigenvalue weighted by Gasteiger charge is 2.15. The summed E-state index contributed by atoms with van der Waals surface area (Å²) in [7, 11) is 0. The average molecular weight is 295 g/mol. The summed E-state index contributed by atoms with van der Waals surface area (Å²) in [6.07, 6.45) is 0. The molecule has 0 fully saturated rings. The molecule has 1 aromatic heterocycles. The van der Waals surface area contributed by atoms with Crippen molar-refractivity contribution in [2.75, 3.05) is 11.9 Å². The van der Waals surface area contributed by atoms with Crippen molar-refractivity contribution in [2.24, 2.45) is 5.41 Å². The molecule has 7 heteroatoms. The largest absolute Gasteiger partial charge is 0.369 e. The van der Waals surface area contributed by atoms with E-state index in [0.717, 1.165) is 0 Å². The van der Waals surface area contributed by atoms with E-state index in [2.05, 4.69) is 36.1 Å². The maximum absolute atomic E-state index is 10.9. The molecule has 2 rings (SSSR count). The number of nitro benzene ring substituents is 1. The molecule has 0 amide bonds. The van der Waals surface area contributed by atoms with Crippen LogP contribution in [0, 0.1) is 15.5 Å². The molecule has 0 atom stereocenters. The Morgan fingerprint density at radius 1 is 1.35 bits per heavy atom. The predicted molar refractivity (Wildman–Crippen MR) is 79.1 cm³/mol. The third-order valence-electron chi connectivity index (χ3n) is 2.65. The molecule has 0 aliphatic carbocycles. The molecular formula is C13H15ClN4O2. The zero-order valence-electron chi connectivity index (χ0n) is 11.5. The molecule has 1 aromatic carbocycles. The van der Waals surface area contributed by atoms with Gasteiger partial charge in [-0.05, 0) is 23.1 Å². The number of hydrogen-bond acceptors (Lipinski definition) is 5. The van der Waals surface area contributed by atoms with Gasteiger partial charge in [0, 0.05) is 24.1 Å². The number of rotatable bonds is 3. The van der Waals surface area contributed by atoms with Crippen LogP contribution in [0.3, 0.4) is 0 Å². The predicted octanol–water partition coefficient (Wildman–Crippen LogP) is 3.65. The Kier molecular flexibility index (Phi) is 3.76. The van der Waals surface area contributed by atoms with Gasteiger partial charge in [0.15, 0.2) is 0 Å². The third kappa shape index (κ3) is 3.33. The van der Waals surface area contributed by atoms with Crippen LogP contribution in [0.15, 0.2) is 18.2 Å². The van der Waals surface area contributed by atoms with Crippen molar-refractivity contribution in [1.29, 1.82) is 0 Å². The summed E-state index contributed by atoms with van der Waals surface area (Å²) in [5, 5.41) is 14.7. The summed E-state index contributed by atoms with van der Waals surface area (Å²) in [5.74, 6) is 0.513. The minimum absolute atomic E-state index is 0.00207. The number of hydrogen-bond donors (Lipinski definition) is 1. The Bertz CT molecular complexity index is 667. The van der Waals surface area contributed by atoms with Gasteiger partial charge in [-0.2, -0.15) is 0 Å². The first-order valence-electron chi connectivity index (χ1n) is 6.12. The zero-order chi connectivity index (χ0) is 14.9. The van der Waals surface area contributed by atoms with Gasteiger partial charge in [-0.3, -0.25) is 10.1 Å². The normalized spacial score (nSPS) is 11.6. The lowest BCUT2D eigenvalue weighted by atomic mass is 9.97. The van der Waals surface area contributed by atoms with Crippen LogP contribution < -0.4 is 5.32 Å². The Balaban J connectivity index is 2.50. The number of halogens is 1. The summed E-state index contributed by atoms with van der Waals surface area (Å²) in [4.78, 5) is 18.6. The Morgan fingerprint density at radius 2 is 2.05 bits per heavy atom. The van der Waals surface area contributed by atoms with Gasteiger partial charge < -0.3 is 5.32 Å². The van der Waals surface area contributed by atoms with E-state index in [4.69, 9.17) is 11.6 Å². The maximum atomic E-state index is 10.9. The lowest BCUT2D eigenvalue weighted by molar-refractivity contribution is -0.384. The molecule has 1 N–H and O–H groups in total. The van der Waals surface area contributed by atoms with Crippen LogP contribution in [-0.2, 0) is 0 Å². The summed E-state index contributed by atoms with van der Waals surface area (Å²) in [5.41, 5.74) is 0.624. The molecule has 0 saturated heterocycles. The highest BCUT2D eigenvalue weighted by molar-refractivity contribution is 6.28. The van der Waals surface area contributed by atoms with Crippen molar-refractivity contribution >= 4 is 34.0 Å². The first-order valence-corrected chi connectivity index (χ1v) is 6.50. The van der Waals surface area contributed by atoms with Gasteiger partial charge in [-0.25, -0.2) is 9.97 Å². The second kappa shape index (κ2) is 5.20. The van der Waals surface area contributed by atoms with Gasteiger partial charge in [0.05, 0.1) is 10.4 Å². The molecule has 20 heavy (non-hydrogen) atoms. The number of non-ortho nitro benzene ring substituents is 1. The summed E-state index contributed by atoms with van der Waals surface area (Å²) in [6.45, 7) is 6.90. The molecule has 0 saturated carbocycles.